The average Bonchev–Trinajstić information content (AvgIpc) is 2.88. The summed E-state index contributed by atoms with van der Waals surface area (Å²) in [5.74, 6) is 0.862. The molecule has 0 spiro atoms. The highest BCUT2D eigenvalue weighted by Crippen LogP contribution is 2.33. The molecule has 0 radical (unpaired) electrons. The number of H-pyrrole nitrogens is 1. The molecule has 5 heteroatoms. The Morgan fingerprint density at radius 3 is 2.76 bits per heavy atom. The van der Waals surface area contributed by atoms with E-state index >= 15 is 0 Å². The first-order valence-electron chi connectivity index (χ1n) is 5.20. The maximum Gasteiger partial charge on any atom is 0.154 e. The van der Waals surface area contributed by atoms with Crippen LogP contribution in [0.25, 0.3) is 11.6 Å². The van der Waals surface area contributed by atoms with Crippen molar-refractivity contribution in [2.75, 3.05) is 11.5 Å². The second-order valence-electron chi connectivity index (χ2n) is 3.81. The van der Waals surface area contributed by atoms with E-state index in [9.17, 15) is 0 Å². The Morgan fingerprint density at radius 2 is 2.00 bits per heavy atom. The molecule has 0 saturated carbocycles. The second-order valence-corrected chi connectivity index (χ2v) is 3.81. The van der Waals surface area contributed by atoms with E-state index in [0.29, 0.717) is 17.2 Å². The summed E-state index contributed by atoms with van der Waals surface area (Å²) in [5, 5.41) is 6.50. The van der Waals surface area contributed by atoms with Crippen molar-refractivity contribution in [3.05, 3.63) is 35.4 Å². The number of nitrogens with two attached hydrogens (primary N) is 2. The van der Waals surface area contributed by atoms with Crippen molar-refractivity contribution in [1.29, 1.82) is 0 Å². The van der Waals surface area contributed by atoms with Crippen LogP contribution in [0.3, 0.4) is 0 Å². The number of nitrogen functional groups attached to an aromatic ring is 2. The van der Waals surface area contributed by atoms with Crippen LogP contribution in [0.5, 0.6) is 0 Å². The number of aromatic amines is 1. The van der Waals surface area contributed by atoms with E-state index in [2.05, 4.69) is 15.2 Å². The van der Waals surface area contributed by atoms with Crippen molar-refractivity contribution in [1.82, 2.24) is 10.2 Å². The zero-order valence-electron chi connectivity index (χ0n) is 9.01. The second kappa shape index (κ2) is 3.48. The van der Waals surface area contributed by atoms with Crippen molar-refractivity contribution in [2.45, 2.75) is 0 Å². The molecule has 1 aromatic heterocycles. The topological polar surface area (TPSA) is 93.1 Å². The van der Waals surface area contributed by atoms with Crippen LogP contribution in [0.1, 0.15) is 11.1 Å². The van der Waals surface area contributed by atoms with Gasteiger partial charge in [-0.1, -0.05) is 18.2 Å². The number of para-hydroxylation sites is 1. The number of anilines is 2. The molecule has 17 heavy (non-hydrogen) atoms. The third-order valence-corrected chi connectivity index (χ3v) is 2.72. The first-order valence-corrected chi connectivity index (χ1v) is 5.20. The van der Waals surface area contributed by atoms with Gasteiger partial charge in [-0.2, -0.15) is 5.10 Å². The van der Waals surface area contributed by atoms with E-state index in [4.69, 9.17) is 11.5 Å². The Labute approximate surface area is 97.9 Å². The van der Waals surface area contributed by atoms with Crippen LogP contribution in [0, 0.1) is 0 Å². The standard InChI is InChI=1S/C12H11N5/c13-11-9(12(14)17-16-11)5-7-6-15-10-4-2-1-3-8(7)10/h1-6H,(H5,13,14,16,17). The third kappa shape index (κ3) is 1.48. The van der Waals surface area contributed by atoms with Crippen LogP contribution in [0.15, 0.2) is 29.3 Å². The molecular formula is C12H11N5. The summed E-state index contributed by atoms with van der Waals surface area (Å²) in [6.07, 6.45) is 3.69. The number of hydrogen-bond acceptors (Lipinski definition) is 4. The van der Waals surface area contributed by atoms with Crippen LogP contribution in [0.4, 0.5) is 17.3 Å². The number of benzene rings is 1. The SMILES string of the molecule is Nc1n[nH]c(N)c1C=C1C=Nc2ccccc21. The molecule has 0 unspecified atom stereocenters. The normalized spacial score (nSPS) is 15.4. The van der Waals surface area contributed by atoms with Crippen molar-refractivity contribution in [3.63, 3.8) is 0 Å². The Balaban J connectivity index is 2.11. The predicted octanol–water partition coefficient (Wildman–Crippen LogP) is 1.83. The molecule has 0 atom stereocenters. The van der Waals surface area contributed by atoms with E-state index in [0.717, 1.165) is 16.8 Å². The van der Waals surface area contributed by atoms with Gasteiger partial charge in [0, 0.05) is 17.4 Å². The van der Waals surface area contributed by atoms with Gasteiger partial charge in [-0.3, -0.25) is 10.1 Å². The fourth-order valence-corrected chi connectivity index (χ4v) is 1.84. The Kier molecular flexibility index (Phi) is 1.98. The molecule has 1 aromatic carbocycles. The molecular weight excluding hydrogens is 214 g/mol. The molecule has 84 valence electrons. The number of nitrogens with zero attached hydrogens (tertiary/aromatic N) is 2. The van der Waals surface area contributed by atoms with Gasteiger partial charge in [0.25, 0.3) is 0 Å². The van der Waals surface area contributed by atoms with Crippen molar-refractivity contribution >= 4 is 35.2 Å². The van der Waals surface area contributed by atoms with E-state index < -0.39 is 0 Å². The first-order chi connectivity index (χ1) is 8.25. The molecule has 0 bridgehead atoms. The maximum atomic E-state index is 5.75. The lowest BCUT2D eigenvalue weighted by Crippen LogP contribution is -1.91. The molecule has 3 rings (SSSR count). The monoisotopic (exact) mass is 225 g/mol. The van der Waals surface area contributed by atoms with E-state index in [1.807, 2.05) is 30.3 Å². The summed E-state index contributed by atoms with van der Waals surface area (Å²) < 4.78 is 0. The summed E-state index contributed by atoms with van der Waals surface area (Å²) in [6.45, 7) is 0. The third-order valence-electron chi connectivity index (χ3n) is 2.72. The highest BCUT2D eigenvalue weighted by molar-refractivity contribution is 6.22. The molecule has 2 aromatic rings. The Bertz CT molecular complexity index is 617. The molecule has 1 aliphatic rings. The maximum absolute atomic E-state index is 5.75. The lowest BCUT2D eigenvalue weighted by molar-refractivity contribution is 1.11. The Morgan fingerprint density at radius 1 is 1.18 bits per heavy atom. The van der Waals surface area contributed by atoms with Gasteiger partial charge in [-0.25, -0.2) is 0 Å². The van der Waals surface area contributed by atoms with Gasteiger partial charge in [0.2, 0.25) is 0 Å². The number of nitrogens with one attached hydrogen (secondary N) is 1. The number of aliphatic imine (C=N–C) groups is 1. The van der Waals surface area contributed by atoms with Crippen molar-refractivity contribution in [3.8, 4) is 0 Å². The van der Waals surface area contributed by atoms with Crippen molar-refractivity contribution in [2.24, 2.45) is 4.99 Å². The highest BCUT2D eigenvalue weighted by Gasteiger charge is 2.13. The van der Waals surface area contributed by atoms with Gasteiger partial charge in [0.05, 0.1) is 11.3 Å². The van der Waals surface area contributed by atoms with Crippen LogP contribution in [0.2, 0.25) is 0 Å². The quantitative estimate of drug-likeness (QED) is 0.691. The summed E-state index contributed by atoms with van der Waals surface area (Å²) in [7, 11) is 0. The summed E-state index contributed by atoms with van der Waals surface area (Å²) in [6, 6.07) is 7.92. The lowest BCUT2D eigenvalue weighted by Gasteiger charge is -1.99. The van der Waals surface area contributed by atoms with Crippen LogP contribution >= 0.6 is 0 Å². The first kappa shape index (κ1) is 9.65. The largest absolute Gasteiger partial charge is 0.384 e. The number of allylic oxidation sites excluding steroid dienone is 1. The van der Waals surface area contributed by atoms with E-state index in [1.54, 1.807) is 6.21 Å². The van der Waals surface area contributed by atoms with Crippen LogP contribution in [-0.2, 0) is 0 Å². The van der Waals surface area contributed by atoms with Crippen LogP contribution < -0.4 is 11.5 Å². The molecule has 0 fully saturated rings. The molecule has 0 amide bonds. The molecule has 5 nitrogen and oxygen atoms in total. The Hall–Kier alpha value is -2.56. The molecule has 1 aliphatic heterocycles. The molecule has 2 heterocycles. The van der Waals surface area contributed by atoms with Crippen molar-refractivity contribution < 1.29 is 0 Å². The summed E-state index contributed by atoms with van der Waals surface area (Å²) >= 11 is 0. The highest BCUT2D eigenvalue weighted by atomic mass is 15.2. The molecule has 5 N–H and O–H groups in total. The molecule has 0 aliphatic carbocycles. The summed E-state index contributed by atoms with van der Waals surface area (Å²) in [5.41, 5.74) is 15.2. The number of rotatable bonds is 1. The van der Waals surface area contributed by atoms with Gasteiger partial charge in [-0.05, 0) is 12.1 Å². The number of aromatic nitrogens is 2. The fourth-order valence-electron chi connectivity index (χ4n) is 1.84. The van der Waals surface area contributed by atoms with Gasteiger partial charge < -0.3 is 11.5 Å². The van der Waals surface area contributed by atoms with Gasteiger partial charge in [0.15, 0.2) is 5.82 Å². The zero-order valence-corrected chi connectivity index (χ0v) is 9.01. The van der Waals surface area contributed by atoms with Gasteiger partial charge in [0.1, 0.15) is 5.82 Å². The van der Waals surface area contributed by atoms with E-state index in [-0.39, 0.29) is 0 Å². The summed E-state index contributed by atoms with van der Waals surface area (Å²) in [4.78, 5) is 4.32. The van der Waals surface area contributed by atoms with Gasteiger partial charge in [-0.15, -0.1) is 0 Å². The zero-order chi connectivity index (χ0) is 11.8. The van der Waals surface area contributed by atoms with E-state index in [1.165, 1.54) is 0 Å². The average molecular weight is 225 g/mol. The minimum absolute atomic E-state index is 0.396. The minimum atomic E-state index is 0.396. The van der Waals surface area contributed by atoms with Crippen LogP contribution in [-0.4, -0.2) is 16.4 Å². The minimum Gasteiger partial charge on any atom is -0.384 e. The smallest absolute Gasteiger partial charge is 0.154 e. The van der Waals surface area contributed by atoms with Gasteiger partial charge >= 0.3 is 0 Å². The lowest BCUT2D eigenvalue weighted by atomic mass is 10.1. The molecule has 0 saturated heterocycles. The predicted molar refractivity (Wildman–Crippen MR) is 69.9 cm³/mol. The number of hydrogen-bond donors (Lipinski definition) is 3. The fraction of sp³-hybridized carbons (Fsp3) is 0. The number of fused-ring (bicyclic) bond motifs is 1.